The van der Waals surface area contributed by atoms with Crippen LogP contribution in [-0.4, -0.2) is 32.7 Å². The number of hydrogen-bond acceptors (Lipinski definition) is 3. The van der Waals surface area contributed by atoms with E-state index >= 15 is 0 Å². The lowest BCUT2D eigenvalue weighted by Crippen LogP contribution is -2.58. The normalized spacial score (nSPS) is 39.5. The van der Waals surface area contributed by atoms with Gasteiger partial charge in [0, 0.05) is 6.04 Å². The van der Waals surface area contributed by atoms with Crippen molar-refractivity contribution < 1.29 is 13.2 Å². The lowest BCUT2D eigenvalue weighted by Gasteiger charge is -2.59. The molecule has 4 bridgehead atoms. The molecule has 4 aliphatic rings. The van der Waals surface area contributed by atoms with Crippen LogP contribution in [0, 0.1) is 23.2 Å². The minimum atomic E-state index is -3.36. The number of sulfonamides is 1. The molecule has 4 rings (SSSR count). The van der Waals surface area contributed by atoms with Crippen molar-refractivity contribution in [3.05, 3.63) is 0 Å². The maximum Gasteiger partial charge on any atom is 0.238 e. The first-order chi connectivity index (χ1) is 10.2. The molecule has 0 aliphatic heterocycles. The van der Waals surface area contributed by atoms with Gasteiger partial charge in [-0.15, -0.1) is 0 Å². The van der Waals surface area contributed by atoms with E-state index in [9.17, 15) is 13.2 Å². The fourth-order valence-electron chi connectivity index (χ4n) is 5.57. The SMILES string of the molecule is C[C@H](NC(=O)[C@@H](C)NS(C)(=O)=O)C12CC3CC(CC(C3)C1)C2. The Labute approximate surface area is 133 Å². The van der Waals surface area contributed by atoms with Crippen LogP contribution >= 0.6 is 0 Å². The summed E-state index contributed by atoms with van der Waals surface area (Å²) in [4.78, 5) is 12.3. The number of amides is 1. The van der Waals surface area contributed by atoms with Crippen LogP contribution in [0.25, 0.3) is 0 Å². The largest absolute Gasteiger partial charge is 0.352 e. The van der Waals surface area contributed by atoms with Gasteiger partial charge in [-0.2, -0.15) is 0 Å². The third-order valence-corrected chi connectivity index (χ3v) is 6.93. The molecule has 4 fully saturated rings. The maximum atomic E-state index is 12.3. The molecule has 22 heavy (non-hydrogen) atoms. The summed E-state index contributed by atoms with van der Waals surface area (Å²) < 4.78 is 24.9. The number of rotatable bonds is 5. The van der Waals surface area contributed by atoms with E-state index in [1.807, 2.05) is 0 Å². The van der Waals surface area contributed by atoms with E-state index in [2.05, 4.69) is 17.0 Å². The van der Waals surface area contributed by atoms with Gasteiger partial charge in [-0.05, 0) is 75.5 Å². The Morgan fingerprint density at radius 1 is 1.05 bits per heavy atom. The zero-order valence-corrected chi connectivity index (χ0v) is 14.6. The van der Waals surface area contributed by atoms with Gasteiger partial charge in [-0.1, -0.05) is 0 Å². The molecule has 5 nitrogen and oxygen atoms in total. The maximum absolute atomic E-state index is 12.3. The zero-order valence-electron chi connectivity index (χ0n) is 13.8. The molecule has 4 aliphatic carbocycles. The van der Waals surface area contributed by atoms with Gasteiger partial charge >= 0.3 is 0 Å². The van der Waals surface area contributed by atoms with E-state index in [-0.39, 0.29) is 17.4 Å². The quantitative estimate of drug-likeness (QED) is 0.806. The second kappa shape index (κ2) is 5.48. The molecule has 0 saturated heterocycles. The molecule has 2 N–H and O–H groups in total. The Kier molecular flexibility index (Phi) is 4.05. The Bertz CT molecular complexity index is 522. The first kappa shape index (κ1) is 16.2. The predicted octanol–water partition coefficient (Wildman–Crippen LogP) is 1.65. The second-order valence-corrected chi connectivity index (χ2v) is 9.90. The molecule has 6 heteroatoms. The molecule has 0 aromatic rings. The van der Waals surface area contributed by atoms with E-state index in [1.165, 1.54) is 38.5 Å². The molecule has 0 spiro atoms. The summed E-state index contributed by atoms with van der Waals surface area (Å²) in [5, 5.41) is 3.09. The van der Waals surface area contributed by atoms with Crippen LogP contribution in [0.3, 0.4) is 0 Å². The highest BCUT2D eigenvalue weighted by Crippen LogP contribution is 2.61. The molecule has 4 saturated carbocycles. The predicted molar refractivity (Wildman–Crippen MR) is 85.7 cm³/mol. The molecule has 126 valence electrons. The molecule has 1 amide bonds. The Morgan fingerprint density at radius 2 is 1.50 bits per heavy atom. The van der Waals surface area contributed by atoms with Gasteiger partial charge in [0.25, 0.3) is 0 Å². The number of nitrogens with one attached hydrogen (secondary N) is 2. The zero-order chi connectivity index (χ0) is 16.1. The van der Waals surface area contributed by atoms with Crippen LogP contribution in [0.2, 0.25) is 0 Å². The van der Waals surface area contributed by atoms with Gasteiger partial charge < -0.3 is 5.32 Å². The van der Waals surface area contributed by atoms with Crippen molar-refractivity contribution in [2.24, 2.45) is 23.2 Å². The lowest BCUT2D eigenvalue weighted by molar-refractivity contribution is -0.127. The van der Waals surface area contributed by atoms with Gasteiger partial charge in [0.2, 0.25) is 15.9 Å². The summed E-state index contributed by atoms with van der Waals surface area (Å²) in [5.41, 5.74) is 0.245. The second-order valence-electron chi connectivity index (χ2n) is 8.12. The molecular formula is C16H28N2O3S. The summed E-state index contributed by atoms with van der Waals surface area (Å²) in [5.74, 6) is 2.32. The highest BCUT2D eigenvalue weighted by Gasteiger charge is 2.53. The summed E-state index contributed by atoms with van der Waals surface area (Å²) >= 11 is 0. The van der Waals surface area contributed by atoms with Gasteiger partial charge in [0.1, 0.15) is 0 Å². The number of carbonyl (C=O) groups excluding carboxylic acids is 1. The van der Waals surface area contributed by atoms with E-state index in [0.717, 1.165) is 24.0 Å². The van der Waals surface area contributed by atoms with Crippen LogP contribution in [0.15, 0.2) is 0 Å². The van der Waals surface area contributed by atoms with Crippen LogP contribution < -0.4 is 10.0 Å². The Hall–Kier alpha value is -0.620. The van der Waals surface area contributed by atoms with E-state index in [0.29, 0.717) is 0 Å². The molecular weight excluding hydrogens is 300 g/mol. The van der Waals surface area contributed by atoms with Crippen molar-refractivity contribution >= 4 is 15.9 Å². The van der Waals surface area contributed by atoms with Crippen molar-refractivity contribution in [2.75, 3.05) is 6.26 Å². The minimum Gasteiger partial charge on any atom is -0.352 e. The number of hydrogen-bond donors (Lipinski definition) is 2. The molecule has 0 aromatic heterocycles. The van der Waals surface area contributed by atoms with Crippen molar-refractivity contribution in [1.82, 2.24) is 10.0 Å². The highest BCUT2D eigenvalue weighted by molar-refractivity contribution is 7.88. The summed E-state index contributed by atoms with van der Waals surface area (Å²) in [7, 11) is -3.36. The fraction of sp³-hybridized carbons (Fsp3) is 0.938. The number of carbonyl (C=O) groups is 1. The van der Waals surface area contributed by atoms with Gasteiger partial charge in [0.05, 0.1) is 12.3 Å². The van der Waals surface area contributed by atoms with Crippen molar-refractivity contribution in [2.45, 2.75) is 64.5 Å². The lowest BCUT2D eigenvalue weighted by atomic mass is 9.48. The van der Waals surface area contributed by atoms with Crippen molar-refractivity contribution in [3.63, 3.8) is 0 Å². The highest BCUT2D eigenvalue weighted by atomic mass is 32.2. The monoisotopic (exact) mass is 328 g/mol. The molecule has 0 unspecified atom stereocenters. The van der Waals surface area contributed by atoms with Crippen LogP contribution in [0.1, 0.15) is 52.4 Å². The van der Waals surface area contributed by atoms with E-state index in [4.69, 9.17) is 0 Å². The van der Waals surface area contributed by atoms with Gasteiger partial charge in [0.15, 0.2) is 0 Å². The van der Waals surface area contributed by atoms with E-state index in [1.54, 1.807) is 6.92 Å². The third kappa shape index (κ3) is 3.18. The van der Waals surface area contributed by atoms with Gasteiger partial charge in [-0.25, -0.2) is 13.1 Å². The summed E-state index contributed by atoms with van der Waals surface area (Å²) in [6, 6.07) is -0.594. The van der Waals surface area contributed by atoms with Crippen LogP contribution in [0.4, 0.5) is 0 Å². The minimum absolute atomic E-state index is 0.122. The average molecular weight is 328 g/mol. The first-order valence-electron chi connectivity index (χ1n) is 8.44. The molecule has 0 heterocycles. The van der Waals surface area contributed by atoms with E-state index < -0.39 is 16.1 Å². The van der Waals surface area contributed by atoms with Gasteiger partial charge in [-0.3, -0.25) is 4.79 Å². The Balaban J connectivity index is 1.64. The molecule has 0 radical (unpaired) electrons. The Morgan fingerprint density at radius 3 is 1.91 bits per heavy atom. The smallest absolute Gasteiger partial charge is 0.238 e. The van der Waals surface area contributed by atoms with Crippen LogP contribution in [0.5, 0.6) is 0 Å². The average Bonchev–Trinajstić information content (AvgIpc) is 2.34. The third-order valence-electron chi connectivity index (χ3n) is 6.15. The van der Waals surface area contributed by atoms with Crippen molar-refractivity contribution in [3.8, 4) is 0 Å². The standard InChI is InChI=1S/C16H28N2O3S/c1-10(18-22(3,20)21)15(19)17-11(2)16-7-12-4-13(8-16)6-14(5-12)9-16/h10-14,18H,4-9H2,1-3H3,(H,17,19)/t10-,11+,12?,13?,14?,16?/m1/s1. The summed E-state index contributed by atoms with van der Waals surface area (Å²) in [6.45, 7) is 3.71. The van der Waals surface area contributed by atoms with Crippen LogP contribution in [-0.2, 0) is 14.8 Å². The fourth-order valence-corrected chi connectivity index (χ4v) is 6.32. The molecule has 0 aromatic carbocycles. The van der Waals surface area contributed by atoms with Crippen molar-refractivity contribution in [1.29, 1.82) is 0 Å². The molecule has 2 atom stereocenters. The topological polar surface area (TPSA) is 75.3 Å². The first-order valence-corrected chi connectivity index (χ1v) is 10.3. The summed E-state index contributed by atoms with van der Waals surface area (Å²) in [6.07, 6.45) is 8.92.